The summed E-state index contributed by atoms with van der Waals surface area (Å²) in [7, 11) is 0. The summed E-state index contributed by atoms with van der Waals surface area (Å²) in [6, 6.07) is 15.7. The van der Waals surface area contributed by atoms with Gasteiger partial charge in [0, 0.05) is 22.7 Å². The summed E-state index contributed by atoms with van der Waals surface area (Å²) in [5.41, 5.74) is 3.74. The molecule has 4 aromatic rings. The van der Waals surface area contributed by atoms with Crippen molar-refractivity contribution in [2.24, 2.45) is 5.16 Å². The number of aliphatic hydroxyl groups is 1. The molecule has 0 aliphatic rings. The number of aromatic nitrogens is 3. The molecule has 2 N–H and O–H groups in total. The summed E-state index contributed by atoms with van der Waals surface area (Å²) in [5.74, 6) is 0. The molecule has 0 unspecified atom stereocenters. The van der Waals surface area contributed by atoms with Gasteiger partial charge in [-0.3, -0.25) is 0 Å². The van der Waals surface area contributed by atoms with Gasteiger partial charge in [-0.05, 0) is 18.2 Å². The average Bonchev–Trinajstić information content (AvgIpc) is 3.18. The van der Waals surface area contributed by atoms with Crippen molar-refractivity contribution in [1.82, 2.24) is 14.1 Å². The van der Waals surface area contributed by atoms with Crippen LogP contribution in [-0.2, 0) is 13.1 Å². The third kappa shape index (κ3) is 2.88. The van der Waals surface area contributed by atoms with Crippen molar-refractivity contribution >= 4 is 28.2 Å². The summed E-state index contributed by atoms with van der Waals surface area (Å²) < 4.78 is 3.94. The molecule has 0 radical (unpaired) electrons. The van der Waals surface area contributed by atoms with Crippen LogP contribution in [0.3, 0.4) is 0 Å². The Bertz CT molecular complexity index is 1050. The van der Waals surface area contributed by atoms with Gasteiger partial charge in [0.25, 0.3) is 0 Å². The number of fused-ring (bicyclic) bond motifs is 2. The van der Waals surface area contributed by atoms with E-state index in [4.69, 9.17) is 5.21 Å². The Hall–Kier alpha value is -3.12. The fraction of sp³-hybridized carbons (Fsp3) is 0.158. The number of hydrogen-bond donors (Lipinski definition) is 2. The molecule has 0 amide bonds. The normalized spacial score (nSPS) is 13.2. The number of para-hydroxylation sites is 3. The first kappa shape index (κ1) is 15.4. The monoisotopic (exact) mass is 334 g/mol. The van der Waals surface area contributed by atoms with E-state index in [1.807, 2.05) is 63.9 Å². The fourth-order valence-corrected chi connectivity index (χ4v) is 3.26. The van der Waals surface area contributed by atoms with E-state index >= 15 is 0 Å². The number of rotatable bonds is 5. The maximum atomic E-state index is 10.6. The number of oxime groups is 1. The van der Waals surface area contributed by atoms with Gasteiger partial charge in [-0.25, -0.2) is 4.98 Å². The molecule has 4 rings (SSSR count). The van der Waals surface area contributed by atoms with Crippen LogP contribution in [0, 0.1) is 0 Å². The molecule has 0 aliphatic carbocycles. The van der Waals surface area contributed by atoms with E-state index in [0.29, 0.717) is 13.1 Å². The third-order valence-electron chi connectivity index (χ3n) is 4.36. The molecule has 6 nitrogen and oxygen atoms in total. The van der Waals surface area contributed by atoms with Crippen LogP contribution in [0.5, 0.6) is 0 Å². The maximum Gasteiger partial charge on any atom is 0.0959 e. The van der Waals surface area contributed by atoms with E-state index in [1.165, 1.54) is 6.21 Å². The van der Waals surface area contributed by atoms with Crippen molar-refractivity contribution in [3.05, 3.63) is 66.6 Å². The zero-order valence-corrected chi connectivity index (χ0v) is 13.5. The lowest BCUT2D eigenvalue weighted by Crippen LogP contribution is -2.21. The number of imidazole rings is 1. The van der Waals surface area contributed by atoms with Gasteiger partial charge in [0.2, 0.25) is 0 Å². The number of hydrogen-bond acceptors (Lipinski definition) is 4. The first-order valence-electron chi connectivity index (χ1n) is 8.09. The molecule has 0 saturated carbocycles. The third-order valence-corrected chi connectivity index (χ3v) is 4.36. The number of benzene rings is 2. The molecule has 0 aliphatic heterocycles. The number of aliphatic hydroxyl groups excluding tert-OH is 1. The lowest BCUT2D eigenvalue weighted by Gasteiger charge is -2.14. The quantitative estimate of drug-likeness (QED) is 0.335. The average molecular weight is 334 g/mol. The van der Waals surface area contributed by atoms with E-state index in [9.17, 15) is 5.11 Å². The second kappa shape index (κ2) is 6.41. The minimum absolute atomic E-state index is 0.437. The summed E-state index contributed by atoms with van der Waals surface area (Å²) >= 11 is 0. The van der Waals surface area contributed by atoms with Gasteiger partial charge in [0.05, 0.1) is 42.8 Å². The Labute approximate surface area is 144 Å². The molecule has 25 heavy (non-hydrogen) atoms. The van der Waals surface area contributed by atoms with Crippen LogP contribution in [0.2, 0.25) is 0 Å². The summed E-state index contributed by atoms with van der Waals surface area (Å²) in [5, 5.41) is 23.5. The van der Waals surface area contributed by atoms with Crippen LogP contribution < -0.4 is 0 Å². The zero-order chi connectivity index (χ0) is 17.2. The highest BCUT2D eigenvalue weighted by molar-refractivity contribution is 5.99. The highest BCUT2D eigenvalue weighted by atomic mass is 16.4. The van der Waals surface area contributed by atoms with Crippen molar-refractivity contribution in [3.8, 4) is 0 Å². The van der Waals surface area contributed by atoms with Crippen LogP contribution in [0.1, 0.15) is 5.56 Å². The van der Waals surface area contributed by atoms with Gasteiger partial charge in [0.15, 0.2) is 0 Å². The molecule has 1 atom stereocenters. The fourth-order valence-electron chi connectivity index (χ4n) is 3.26. The topological polar surface area (TPSA) is 75.6 Å². The van der Waals surface area contributed by atoms with Crippen LogP contribution in [-0.4, -0.2) is 36.8 Å². The summed E-state index contributed by atoms with van der Waals surface area (Å²) in [6.45, 7) is 0.892. The molecular weight excluding hydrogens is 316 g/mol. The molecule has 0 spiro atoms. The highest BCUT2D eigenvalue weighted by Crippen LogP contribution is 2.21. The lowest BCUT2D eigenvalue weighted by atomic mass is 10.2. The van der Waals surface area contributed by atoms with Crippen molar-refractivity contribution in [2.45, 2.75) is 19.2 Å². The van der Waals surface area contributed by atoms with Crippen molar-refractivity contribution in [3.63, 3.8) is 0 Å². The van der Waals surface area contributed by atoms with Gasteiger partial charge in [-0.15, -0.1) is 0 Å². The molecule has 126 valence electrons. The van der Waals surface area contributed by atoms with Gasteiger partial charge < -0.3 is 19.4 Å². The number of nitrogens with zero attached hydrogens (tertiary/aromatic N) is 4. The molecule has 0 bridgehead atoms. The molecule has 2 heterocycles. The first-order valence-corrected chi connectivity index (χ1v) is 8.09. The molecule has 6 heteroatoms. The van der Waals surface area contributed by atoms with E-state index < -0.39 is 6.10 Å². The van der Waals surface area contributed by atoms with Crippen LogP contribution in [0.4, 0.5) is 0 Å². The van der Waals surface area contributed by atoms with Gasteiger partial charge in [-0.1, -0.05) is 35.5 Å². The minimum atomic E-state index is -0.577. The van der Waals surface area contributed by atoms with E-state index in [1.54, 1.807) is 6.33 Å². The Balaban J connectivity index is 1.60. The van der Waals surface area contributed by atoms with Gasteiger partial charge in [0.1, 0.15) is 0 Å². The largest absolute Gasteiger partial charge is 0.411 e. The smallest absolute Gasteiger partial charge is 0.0959 e. The maximum absolute atomic E-state index is 10.6. The second-order valence-electron chi connectivity index (χ2n) is 6.04. The minimum Gasteiger partial charge on any atom is -0.411 e. The highest BCUT2D eigenvalue weighted by Gasteiger charge is 2.12. The SMILES string of the molecule is O/N=C\c1cn(C[C@@H](O)Cn2cnc3ccccc32)c2ccccc12. The molecular formula is C19H18N4O2. The van der Waals surface area contributed by atoms with Gasteiger partial charge >= 0.3 is 0 Å². The Kier molecular flexibility index (Phi) is 3.95. The Morgan fingerprint density at radius 2 is 1.72 bits per heavy atom. The van der Waals surface area contributed by atoms with Gasteiger partial charge in [-0.2, -0.15) is 0 Å². The van der Waals surface area contributed by atoms with Crippen LogP contribution in [0.25, 0.3) is 21.9 Å². The Morgan fingerprint density at radius 1 is 1.00 bits per heavy atom. The standard InChI is InChI=1S/C19H18N4O2/c24-15(12-23-13-20-17-6-2-4-8-19(17)23)11-22-10-14(9-21-25)16-5-1-3-7-18(16)22/h1-10,13,15,24-25H,11-12H2/b21-9-/t15-/m1/s1. The summed E-state index contributed by atoms with van der Waals surface area (Å²) in [4.78, 5) is 4.36. The summed E-state index contributed by atoms with van der Waals surface area (Å²) in [6.07, 6.45) is 4.48. The first-order chi connectivity index (χ1) is 12.3. The Morgan fingerprint density at radius 3 is 2.56 bits per heavy atom. The predicted octanol–water partition coefficient (Wildman–Crippen LogP) is 2.86. The zero-order valence-electron chi connectivity index (χ0n) is 13.5. The second-order valence-corrected chi connectivity index (χ2v) is 6.04. The van der Waals surface area contributed by atoms with Crippen molar-refractivity contribution in [2.75, 3.05) is 0 Å². The van der Waals surface area contributed by atoms with Crippen molar-refractivity contribution in [1.29, 1.82) is 0 Å². The van der Waals surface area contributed by atoms with Crippen LogP contribution in [0.15, 0.2) is 66.2 Å². The molecule has 2 aromatic carbocycles. The van der Waals surface area contributed by atoms with Crippen LogP contribution >= 0.6 is 0 Å². The molecule has 0 fully saturated rings. The van der Waals surface area contributed by atoms with E-state index in [0.717, 1.165) is 27.5 Å². The van der Waals surface area contributed by atoms with Crippen molar-refractivity contribution < 1.29 is 10.3 Å². The lowest BCUT2D eigenvalue weighted by molar-refractivity contribution is 0.137. The molecule has 0 saturated heterocycles. The van der Waals surface area contributed by atoms with E-state index in [2.05, 4.69) is 10.1 Å². The van der Waals surface area contributed by atoms with E-state index in [-0.39, 0.29) is 0 Å². The predicted molar refractivity (Wildman–Crippen MR) is 97.1 cm³/mol. The molecule has 2 aromatic heterocycles.